The molecule has 0 unspecified atom stereocenters. The lowest BCUT2D eigenvalue weighted by Crippen LogP contribution is -2.37. The molecule has 2 fully saturated rings. The summed E-state index contributed by atoms with van der Waals surface area (Å²) in [5, 5.41) is 18.9. The lowest BCUT2D eigenvalue weighted by molar-refractivity contribution is -0.142. The number of aliphatic carboxylic acids is 1. The predicted molar refractivity (Wildman–Crippen MR) is 110 cm³/mol. The van der Waals surface area contributed by atoms with Gasteiger partial charge in [0.2, 0.25) is 5.91 Å². The van der Waals surface area contributed by atoms with E-state index in [0.29, 0.717) is 68.0 Å². The summed E-state index contributed by atoms with van der Waals surface area (Å²) in [5.41, 5.74) is 1.27. The van der Waals surface area contributed by atoms with Crippen molar-refractivity contribution in [3.05, 3.63) is 22.9 Å². The van der Waals surface area contributed by atoms with Gasteiger partial charge in [-0.1, -0.05) is 13.3 Å². The first kappa shape index (κ1) is 21.8. The average Bonchev–Trinajstić information content (AvgIpc) is 3.16. The Balaban J connectivity index is 1.93. The zero-order valence-corrected chi connectivity index (χ0v) is 17.4. The fourth-order valence-electron chi connectivity index (χ4n) is 4.09. The van der Waals surface area contributed by atoms with Crippen LogP contribution in [0.3, 0.4) is 0 Å². The maximum absolute atomic E-state index is 12.8. The Morgan fingerprint density at radius 1 is 1.30 bits per heavy atom. The van der Waals surface area contributed by atoms with Gasteiger partial charge in [0.1, 0.15) is 11.9 Å². The second-order valence-electron chi connectivity index (χ2n) is 8.01. The van der Waals surface area contributed by atoms with Crippen molar-refractivity contribution >= 4 is 23.5 Å². The van der Waals surface area contributed by atoms with Gasteiger partial charge in [-0.3, -0.25) is 14.4 Å². The number of Topliss-reactive ketones (excluding diaryl/α,β-unsaturated/α-hetero) is 1. The molecule has 8 nitrogen and oxygen atoms in total. The summed E-state index contributed by atoms with van der Waals surface area (Å²) in [7, 11) is 0. The fourth-order valence-corrected chi connectivity index (χ4v) is 4.09. The van der Waals surface area contributed by atoms with E-state index >= 15 is 0 Å². The fraction of sp³-hybridized carbons (Fsp3) is 0.591. The average molecular weight is 412 g/mol. The summed E-state index contributed by atoms with van der Waals surface area (Å²) in [4.78, 5) is 44.5. The number of likely N-dealkylation sites (tertiary alicyclic amines) is 1. The Labute approximate surface area is 176 Å². The molecule has 2 saturated heterocycles. The summed E-state index contributed by atoms with van der Waals surface area (Å²) < 4.78 is 0. The Hall–Kier alpha value is -2.95. The molecule has 8 heteroatoms. The number of pyridine rings is 1. The Morgan fingerprint density at radius 3 is 2.60 bits per heavy atom. The highest BCUT2D eigenvalue weighted by Gasteiger charge is 2.29. The lowest BCUT2D eigenvalue weighted by atomic mass is 9.96. The monoisotopic (exact) mass is 412 g/mol. The third-order valence-corrected chi connectivity index (χ3v) is 5.92. The van der Waals surface area contributed by atoms with E-state index in [1.807, 2.05) is 11.8 Å². The minimum atomic E-state index is -0.798. The molecule has 1 N–H and O–H groups in total. The number of carbonyl (C=O) groups is 3. The van der Waals surface area contributed by atoms with Gasteiger partial charge in [0, 0.05) is 38.0 Å². The minimum absolute atomic E-state index is 0.0527. The number of rotatable bonds is 8. The first-order chi connectivity index (χ1) is 14.4. The second-order valence-corrected chi connectivity index (χ2v) is 8.01. The smallest absolute Gasteiger partial charge is 0.306 e. The molecule has 2 aliphatic heterocycles. The number of nitriles is 1. The first-order valence-electron chi connectivity index (χ1n) is 10.7. The third kappa shape index (κ3) is 4.78. The van der Waals surface area contributed by atoms with Gasteiger partial charge in [-0.05, 0) is 31.7 Å². The molecule has 30 heavy (non-hydrogen) atoms. The van der Waals surface area contributed by atoms with Gasteiger partial charge >= 0.3 is 5.97 Å². The molecule has 3 heterocycles. The van der Waals surface area contributed by atoms with Crippen LogP contribution in [0, 0.1) is 17.2 Å². The molecule has 0 atom stereocenters. The van der Waals surface area contributed by atoms with E-state index in [-0.39, 0.29) is 24.2 Å². The van der Waals surface area contributed by atoms with E-state index in [1.165, 1.54) is 0 Å². The number of carbonyl (C=O) groups excluding carboxylic acids is 2. The number of hydrogen-bond acceptors (Lipinski definition) is 6. The maximum Gasteiger partial charge on any atom is 0.306 e. The number of carboxylic acid groups (broad SMARTS) is 1. The number of ketones is 1. The van der Waals surface area contributed by atoms with Crippen LogP contribution in [0.15, 0.2) is 6.07 Å². The molecule has 3 rings (SSSR count). The van der Waals surface area contributed by atoms with Crippen molar-refractivity contribution in [2.75, 3.05) is 24.5 Å². The molecule has 1 aromatic rings. The van der Waals surface area contributed by atoms with E-state index in [2.05, 4.69) is 6.07 Å². The molecule has 0 bridgehead atoms. The van der Waals surface area contributed by atoms with Crippen molar-refractivity contribution in [3.8, 4) is 6.07 Å². The molecule has 160 valence electrons. The SMILES string of the molecule is CCCCC(=O)c1cc(C#N)c(N2CCC(C(=O)O)CC2)nc1CN1CCCC1=O. The molecule has 0 radical (unpaired) electrons. The van der Waals surface area contributed by atoms with Gasteiger partial charge in [-0.2, -0.15) is 5.26 Å². The molecule has 0 aliphatic carbocycles. The molecule has 2 aliphatic rings. The summed E-state index contributed by atoms with van der Waals surface area (Å²) in [6, 6.07) is 3.77. The number of unbranched alkanes of at least 4 members (excludes halogenated alkanes) is 1. The van der Waals surface area contributed by atoms with Crippen molar-refractivity contribution in [3.63, 3.8) is 0 Å². The first-order valence-corrected chi connectivity index (χ1v) is 10.7. The van der Waals surface area contributed by atoms with Gasteiger partial charge < -0.3 is 14.9 Å². The second kappa shape index (κ2) is 9.70. The van der Waals surface area contributed by atoms with E-state index in [1.54, 1.807) is 11.0 Å². The van der Waals surface area contributed by atoms with E-state index in [4.69, 9.17) is 4.98 Å². The van der Waals surface area contributed by atoms with Crippen LogP contribution in [0.4, 0.5) is 5.82 Å². The van der Waals surface area contributed by atoms with Crippen LogP contribution in [-0.2, 0) is 16.1 Å². The number of amides is 1. The van der Waals surface area contributed by atoms with Gasteiger partial charge in [0.05, 0.1) is 23.7 Å². The highest BCUT2D eigenvalue weighted by Crippen LogP contribution is 2.28. The molecule has 0 aromatic carbocycles. The number of aromatic nitrogens is 1. The maximum atomic E-state index is 12.8. The van der Waals surface area contributed by atoms with Crippen molar-refractivity contribution < 1.29 is 19.5 Å². The molecule has 0 saturated carbocycles. The standard InChI is InChI=1S/C22H28N4O4/c1-2-3-5-19(27)17-12-16(13-23)21(25-10-7-15(8-11-25)22(29)30)24-18(17)14-26-9-4-6-20(26)28/h12,15H,2-11,14H2,1H3,(H,29,30). The van der Waals surface area contributed by atoms with Crippen LogP contribution in [0.2, 0.25) is 0 Å². The minimum Gasteiger partial charge on any atom is -0.481 e. The predicted octanol–water partition coefficient (Wildman–Crippen LogP) is 2.75. The zero-order valence-electron chi connectivity index (χ0n) is 17.4. The van der Waals surface area contributed by atoms with Gasteiger partial charge in [0.15, 0.2) is 5.78 Å². The molecular weight excluding hydrogens is 384 g/mol. The number of nitrogens with zero attached hydrogens (tertiary/aromatic N) is 4. The van der Waals surface area contributed by atoms with Crippen LogP contribution in [0.25, 0.3) is 0 Å². The summed E-state index contributed by atoms with van der Waals surface area (Å²) in [5.74, 6) is -0.706. The van der Waals surface area contributed by atoms with Crippen LogP contribution >= 0.6 is 0 Å². The number of carboxylic acids is 1. The summed E-state index contributed by atoms with van der Waals surface area (Å²) in [6.45, 7) is 3.90. The number of piperidine rings is 1. The Kier molecular flexibility index (Phi) is 7.03. The van der Waals surface area contributed by atoms with Crippen LogP contribution in [0.1, 0.15) is 73.5 Å². The van der Waals surface area contributed by atoms with E-state index in [9.17, 15) is 24.8 Å². The number of hydrogen-bond donors (Lipinski definition) is 1. The van der Waals surface area contributed by atoms with Crippen LogP contribution in [-0.4, -0.2) is 52.3 Å². The van der Waals surface area contributed by atoms with Crippen molar-refractivity contribution in [2.45, 2.75) is 58.4 Å². The molecule has 1 aromatic heterocycles. The number of anilines is 1. The normalized spacial score (nSPS) is 17.3. The molecule has 1 amide bonds. The quantitative estimate of drug-likeness (QED) is 0.653. The van der Waals surface area contributed by atoms with E-state index in [0.717, 1.165) is 19.3 Å². The Morgan fingerprint density at radius 2 is 2.03 bits per heavy atom. The third-order valence-electron chi connectivity index (χ3n) is 5.92. The highest BCUT2D eigenvalue weighted by molar-refractivity contribution is 5.98. The zero-order chi connectivity index (χ0) is 21.7. The van der Waals surface area contributed by atoms with Crippen LogP contribution in [0.5, 0.6) is 0 Å². The van der Waals surface area contributed by atoms with Crippen LogP contribution < -0.4 is 4.90 Å². The lowest BCUT2D eigenvalue weighted by Gasteiger charge is -2.32. The topological polar surface area (TPSA) is 115 Å². The molecule has 0 spiro atoms. The summed E-state index contributed by atoms with van der Waals surface area (Å²) in [6.07, 6.45) is 4.30. The van der Waals surface area contributed by atoms with Crippen molar-refractivity contribution in [1.29, 1.82) is 5.26 Å². The van der Waals surface area contributed by atoms with Crippen molar-refractivity contribution in [1.82, 2.24) is 9.88 Å². The van der Waals surface area contributed by atoms with Crippen molar-refractivity contribution in [2.24, 2.45) is 5.92 Å². The highest BCUT2D eigenvalue weighted by atomic mass is 16.4. The Bertz CT molecular complexity index is 869. The van der Waals surface area contributed by atoms with Gasteiger partial charge in [0.25, 0.3) is 0 Å². The molecular formula is C22H28N4O4. The summed E-state index contributed by atoms with van der Waals surface area (Å²) >= 11 is 0. The van der Waals surface area contributed by atoms with E-state index < -0.39 is 5.97 Å². The van der Waals surface area contributed by atoms with Gasteiger partial charge in [-0.25, -0.2) is 4.98 Å². The van der Waals surface area contributed by atoms with Gasteiger partial charge in [-0.15, -0.1) is 0 Å². The largest absolute Gasteiger partial charge is 0.481 e.